The molecule has 1 fully saturated rings. The summed E-state index contributed by atoms with van der Waals surface area (Å²) in [5, 5.41) is 0. The van der Waals surface area contributed by atoms with Gasteiger partial charge in [0.25, 0.3) is 0 Å². The fraction of sp³-hybridized carbons (Fsp3) is 0.350. The van der Waals surface area contributed by atoms with Crippen molar-refractivity contribution in [3.63, 3.8) is 0 Å². The molecule has 1 aromatic carbocycles. The molecule has 1 saturated heterocycles. The van der Waals surface area contributed by atoms with Crippen LogP contribution in [-0.4, -0.2) is 28.2 Å². The van der Waals surface area contributed by atoms with Crippen molar-refractivity contribution in [2.75, 3.05) is 18.1 Å². The maximum absolute atomic E-state index is 5.53. The molecule has 134 valence electrons. The van der Waals surface area contributed by atoms with Crippen molar-refractivity contribution in [3.8, 4) is 0 Å². The molecule has 2 aromatic heterocycles. The number of anilines is 1. The SMILES string of the molecule is Cc1ncsc1CN(Cc1ccccc1)c1cc(C2CCOC2)ncn1. The predicted molar refractivity (Wildman–Crippen MR) is 103 cm³/mol. The normalized spacial score (nSPS) is 16.7. The molecule has 1 aliphatic heterocycles. The number of hydrogen-bond acceptors (Lipinski definition) is 6. The van der Waals surface area contributed by atoms with Crippen molar-refractivity contribution < 1.29 is 4.74 Å². The molecular weight excluding hydrogens is 344 g/mol. The summed E-state index contributed by atoms with van der Waals surface area (Å²) in [6.45, 7) is 5.23. The van der Waals surface area contributed by atoms with E-state index >= 15 is 0 Å². The standard InChI is InChI=1S/C20H22N4OS/c1-15-19(26-14-23-15)11-24(10-16-5-3-2-4-6-16)20-9-18(21-13-22-20)17-7-8-25-12-17/h2-6,9,13-14,17H,7-8,10-12H2,1H3. The molecule has 0 N–H and O–H groups in total. The third kappa shape index (κ3) is 3.92. The van der Waals surface area contributed by atoms with Gasteiger partial charge in [-0.15, -0.1) is 11.3 Å². The second-order valence-electron chi connectivity index (χ2n) is 6.56. The summed E-state index contributed by atoms with van der Waals surface area (Å²) in [7, 11) is 0. The number of aromatic nitrogens is 3. The van der Waals surface area contributed by atoms with E-state index < -0.39 is 0 Å². The van der Waals surface area contributed by atoms with Gasteiger partial charge in [0.05, 0.1) is 30.1 Å². The Bertz CT molecular complexity index is 846. The van der Waals surface area contributed by atoms with Gasteiger partial charge < -0.3 is 9.64 Å². The molecule has 0 saturated carbocycles. The fourth-order valence-corrected chi connectivity index (χ4v) is 3.99. The average molecular weight is 366 g/mol. The first-order valence-corrected chi connectivity index (χ1v) is 9.75. The van der Waals surface area contributed by atoms with E-state index in [4.69, 9.17) is 4.74 Å². The lowest BCUT2D eigenvalue weighted by molar-refractivity contribution is 0.193. The summed E-state index contributed by atoms with van der Waals surface area (Å²) in [6, 6.07) is 12.6. The molecule has 3 aromatic rings. The zero-order valence-electron chi connectivity index (χ0n) is 14.8. The largest absolute Gasteiger partial charge is 0.381 e. The van der Waals surface area contributed by atoms with Gasteiger partial charge in [-0.3, -0.25) is 0 Å². The van der Waals surface area contributed by atoms with E-state index in [0.29, 0.717) is 5.92 Å². The van der Waals surface area contributed by atoms with Crippen LogP contribution in [0.3, 0.4) is 0 Å². The Labute approximate surface area is 157 Å². The quantitative estimate of drug-likeness (QED) is 0.661. The molecule has 0 radical (unpaired) electrons. The first kappa shape index (κ1) is 17.1. The third-order valence-electron chi connectivity index (χ3n) is 4.74. The van der Waals surface area contributed by atoms with E-state index in [1.165, 1.54) is 10.4 Å². The summed E-state index contributed by atoms with van der Waals surface area (Å²) in [6.07, 6.45) is 2.71. The maximum atomic E-state index is 5.53. The Balaban J connectivity index is 1.63. The van der Waals surface area contributed by atoms with Gasteiger partial charge in [-0.25, -0.2) is 15.0 Å². The highest BCUT2D eigenvalue weighted by molar-refractivity contribution is 7.09. The van der Waals surface area contributed by atoms with E-state index in [9.17, 15) is 0 Å². The van der Waals surface area contributed by atoms with Crippen LogP contribution in [0.15, 0.2) is 48.2 Å². The predicted octanol–water partition coefficient (Wildman–Crippen LogP) is 3.95. The molecule has 0 amide bonds. The molecule has 5 nitrogen and oxygen atoms in total. The summed E-state index contributed by atoms with van der Waals surface area (Å²) in [4.78, 5) is 17.0. The Morgan fingerprint density at radius 3 is 2.77 bits per heavy atom. The summed E-state index contributed by atoms with van der Waals surface area (Å²) in [5.41, 5.74) is 5.34. The lowest BCUT2D eigenvalue weighted by Gasteiger charge is -2.24. The van der Waals surface area contributed by atoms with Crippen molar-refractivity contribution in [2.24, 2.45) is 0 Å². The van der Waals surface area contributed by atoms with Crippen LogP contribution in [0.5, 0.6) is 0 Å². The van der Waals surface area contributed by atoms with Crippen LogP contribution in [0.2, 0.25) is 0 Å². The van der Waals surface area contributed by atoms with Crippen molar-refractivity contribution >= 4 is 17.2 Å². The van der Waals surface area contributed by atoms with Crippen LogP contribution in [-0.2, 0) is 17.8 Å². The Morgan fingerprint density at radius 1 is 1.15 bits per heavy atom. The topological polar surface area (TPSA) is 51.1 Å². The molecule has 0 bridgehead atoms. The smallest absolute Gasteiger partial charge is 0.132 e. The van der Waals surface area contributed by atoms with E-state index in [2.05, 4.69) is 57.1 Å². The highest BCUT2D eigenvalue weighted by Crippen LogP contribution is 2.27. The Morgan fingerprint density at radius 2 is 2.04 bits per heavy atom. The average Bonchev–Trinajstić information content (AvgIpc) is 3.35. The van der Waals surface area contributed by atoms with Crippen LogP contribution in [0.4, 0.5) is 5.82 Å². The molecule has 1 aliphatic rings. The second kappa shape index (κ2) is 7.93. The Hall–Kier alpha value is -2.31. The minimum absolute atomic E-state index is 0.375. The van der Waals surface area contributed by atoms with Gasteiger partial charge in [0, 0.05) is 30.0 Å². The Kier molecular flexibility index (Phi) is 5.22. The first-order valence-electron chi connectivity index (χ1n) is 8.87. The molecule has 26 heavy (non-hydrogen) atoms. The number of hydrogen-bond donors (Lipinski definition) is 0. The van der Waals surface area contributed by atoms with Crippen molar-refractivity contribution in [1.29, 1.82) is 0 Å². The maximum Gasteiger partial charge on any atom is 0.132 e. The van der Waals surface area contributed by atoms with E-state index in [1.54, 1.807) is 17.7 Å². The zero-order chi connectivity index (χ0) is 17.8. The van der Waals surface area contributed by atoms with Gasteiger partial charge >= 0.3 is 0 Å². The number of aryl methyl sites for hydroxylation is 1. The summed E-state index contributed by atoms with van der Waals surface area (Å²) >= 11 is 1.70. The lowest BCUT2D eigenvalue weighted by atomic mass is 10.0. The van der Waals surface area contributed by atoms with Gasteiger partial charge in [-0.2, -0.15) is 0 Å². The number of nitrogens with zero attached hydrogens (tertiary/aromatic N) is 4. The third-order valence-corrected chi connectivity index (χ3v) is 5.66. The van der Waals surface area contributed by atoms with Gasteiger partial charge in [-0.1, -0.05) is 30.3 Å². The van der Waals surface area contributed by atoms with Crippen molar-refractivity contribution in [1.82, 2.24) is 15.0 Å². The van der Waals surface area contributed by atoms with Crippen LogP contribution in [0.25, 0.3) is 0 Å². The molecule has 0 aliphatic carbocycles. The van der Waals surface area contributed by atoms with Crippen LogP contribution in [0, 0.1) is 6.92 Å². The minimum atomic E-state index is 0.375. The van der Waals surface area contributed by atoms with Crippen molar-refractivity contribution in [3.05, 3.63) is 70.1 Å². The number of thiazole rings is 1. The highest BCUT2D eigenvalue weighted by atomic mass is 32.1. The molecule has 6 heteroatoms. The molecule has 1 unspecified atom stereocenters. The first-order chi connectivity index (χ1) is 12.8. The van der Waals surface area contributed by atoms with Gasteiger partial charge in [0.2, 0.25) is 0 Å². The second-order valence-corrected chi connectivity index (χ2v) is 7.50. The molecule has 3 heterocycles. The lowest BCUT2D eigenvalue weighted by Crippen LogP contribution is -2.23. The summed E-state index contributed by atoms with van der Waals surface area (Å²) < 4.78 is 5.53. The van der Waals surface area contributed by atoms with Gasteiger partial charge in [0.15, 0.2) is 0 Å². The van der Waals surface area contributed by atoms with E-state index in [0.717, 1.165) is 49.9 Å². The molecule has 1 atom stereocenters. The van der Waals surface area contributed by atoms with Crippen LogP contribution >= 0.6 is 11.3 Å². The van der Waals surface area contributed by atoms with Crippen molar-refractivity contribution in [2.45, 2.75) is 32.4 Å². The monoisotopic (exact) mass is 366 g/mol. The number of benzene rings is 1. The number of ether oxygens (including phenoxy) is 1. The van der Waals surface area contributed by atoms with Gasteiger partial charge in [-0.05, 0) is 18.9 Å². The fourth-order valence-electron chi connectivity index (χ4n) is 3.20. The molecule has 4 rings (SSSR count). The number of rotatable bonds is 6. The molecule has 0 spiro atoms. The zero-order valence-corrected chi connectivity index (χ0v) is 15.7. The van der Waals surface area contributed by atoms with Crippen LogP contribution in [0.1, 0.15) is 34.2 Å². The van der Waals surface area contributed by atoms with Gasteiger partial charge in [0.1, 0.15) is 12.1 Å². The van der Waals surface area contributed by atoms with E-state index in [1.807, 2.05) is 11.6 Å². The minimum Gasteiger partial charge on any atom is -0.381 e. The van der Waals surface area contributed by atoms with Crippen LogP contribution < -0.4 is 4.90 Å². The highest BCUT2D eigenvalue weighted by Gasteiger charge is 2.21. The van der Waals surface area contributed by atoms with E-state index in [-0.39, 0.29) is 0 Å². The molecular formula is C20H22N4OS. The summed E-state index contributed by atoms with van der Waals surface area (Å²) in [5.74, 6) is 1.33.